The van der Waals surface area contributed by atoms with Crippen molar-refractivity contribution in [1.29, 1.82) is 0 Å². The van der Waals surface area contributed by atoms with Crippen molar-refractivity contribution in [2.45, 2.75) is 31.1 Å². The van der Waals surface area contributed by atoms with E-state index in [2.05, 4.69) is 40.8 Å². The minimum absolute atomic E-state index is 0.200. The van der Waals surface area contributed by atoms with Crippen LogP contribution in [0.4, 0.5) is 23.0 Å². The maximum absolute atomic E-state index is 12.6. The van der Waals surface area contributed by atoms with E-state index in [1.807, 2.05) is 25.1 Å². The maximum Gasteiger partial charge on any atom is 0.261 e. The molecule has 1 aliphatic rings. The Morgan fingerprint density at radius 3 is 2.35 bits per heavy atom. The van der Waals surface area contributed by atoms with Crippen LogP contribution in [0.1, 0.15) is 25.1 Å². The van der Waals surface area contributed by atoms with Crippen molar-refractivity contribution in [3.8, 4) is 0 Å². The number of halogens is 1. The molecule has 0 unspecified atom stereocenters. The van der Waals surface area contributed by atoms with Gasteiger partial charge in [0.2, 0.25) is 0 Å². The first-order valence-corrected chi connectivity index (χ1v) is 12.4. The number of rotatable bonds is 6. The fourth-order valence-electron chi connectivity index (χ4n) is 3.52. The van der Waals surface area contributed by atoms with Crippen molar-refractivity contribution in [3.05, 3.63) is 64.9 Å². The third-order valence-corrected chi connectivity index (χ3v) is 6.89. The van der Waals surface area contributed by atoms with Crippen LogP contribution in [0.3, 0.4) is 0 Å². The van der Waals surface area contributed by atoms with Crippen molar-refractivity contribution in [2.75, 3.05) is 28.0 Å². The van der Waals surface area contributed by atoms with Gasteiger partial charge in [-0.3, -0.25) is 4.72 Å². The minimum atomic E-state index is -3.66. The zero-order valence-corrected chi connectivity index (χ0v) is 19.6. The van der Waals surface area contributed by atoms with E-state index < -0.39 is 10.0 Å². The quantitative estimate of drug-likeness (QED) is 0.489. The van der Waals surface area contributed by atoms with Crippen molar-refractivity contribution in [2.24, 2.45) is 0 Å². The fraction of sp³-hybridized carbons (Fsp3) is 0.273. The lowest BCUT2D eigenvalue weighted by atomic mass is 10.1. The van der Waals surface area contributed by atoms with Crippen molar-refractivity contribution >= 4 is 49.0 Å². The van der Waals surface area contributed by atoms with E-state index in [1.165, 1.54) is 19.3 Å². The number of piperidine rings is 1. The van der Waals surface area contributed by atoms with Crippen molar-refractivity contribution in [1.82, 2.24) is 9.97 Å². The first kappa shape index (κ1) is 21.6. The Morgan fingerprint density at radius 2 is 1.65 bits per heavy atom. The summed E-state index contributed by atoms with van der Waals surface area (Å²) >= 11 is 3.30. The molecule has 1 aromatic heterocycles. The summed E-state index contributed by atoms with van der Waals surface area (Å²) in [5.41, 5.74) is 1.30. The molecule has 0 amide bonds. The SMILES string of the molecule is Cc1nc(Nc2ccc(NS(=O)(=O)c3cccc(Br)c3)cc2)cc(N2CCCCC2)n1. The number of sulfonamides is 1. The van der Waals surface area contributed by atoms with Crippen LogP contribution in [0.15, 0.2) is 64.0 Å². The van der Waals surface area contributed by atoms with E-state index in [1.54, 1.807) is 36.4 Å². The average Bonchev–Trinajstić information content (AvgIpc) is 2.75. The van der Waals surface area contributed by atoms with Crippen LogP contribution < -0.4 is 14.9 Å². The molecule has 3 aromatic rings. The molecule has 1 fully saturated rings. The summed E-state index contributed by atoms with van der Waals surface area (Å²) in [6.07, 6.45) is 3.63. The first-order chi connectivity index (χ1) is 14.9. The monoisotopic (exact) mass is 501 g/mol. The predicted octanol–water partition coefficient (Wildman–Crippen LogP) is 5.08. The highest BCUT2D eigenvalue weighted by molar-refractivity contribution is 9.10. The number of nitrogens with zero attached hydrogens (tertiary/aromatic N) is 3. The number of nitrogens with one attached hydrogen (secondary N) is 2. The minimum Gasteiger partial charge on any atom is -0.356 e. The van der Waals surface area contributed by atoms with E-state index >= 15 is 0 Å². The van der Waals surface area contributed by atoms with E-state index in [0.29, 0.717) is 16.0 Å². The van der Waals surface area contributed by atoms with E-state index in [9.17, 15) is 8.42 Å². The highest BCUT2D eigenvalue weighted by atomic mass is 79.9. The zero-order chi connectivity index (χ0) is 21.8. The van der Waals surface area contributed by atoms with Crippen LogP contribution in [0.5, 0.6) is 0 Å². The normalized spacial score (nSPS) is 14.3. The summed E-state index contributed by atoms with van der Waals surface area (Å²) in [4.78, 5) is 11.6. The molecule has 31 heavy (non-hydrogen) atoms. The third-order valence-electron chi connectivity index (χ3n) is 5.02. The molecule has 162 valence electrons. The molecular formula is C22H24BrN5O2S. The van der Waals surface area contributed by atoms with Gasteiger partial charge in [0.25, 0.3) is 10.0 Å². The molecule has 7 nitrogen and oxygen atoms in total. The van der Waals surface area contributed by atoms with E-state index in [4.69, 9.17) is 0 Å². The summed E-state index contributed by atoms with van der Waals surface area (Å²) in [5, 5.41) is 3.29. The summed E-state index contributed by atoms with van der Waals surface area (Å²) in [7, 11) is -3.66. The third kappa shape index (κ3) is 5.54. The molecule has 0 aliphatic carbocycles. The Hall–Kier alpha value is -2.65. The van der Waals surface area contributed by atoms with Crippen LogP contribution in [-0.2, 0) is 10.0 Å². The lowest BCUT2D eigenvalue weighted by Crippen LogP contribution is -2.30. The molecule has 0 radical (unpaired) electrons. The van der Waals surface area contributed by atoms with Crippen LogP contribution in [-0.4, -0.2) is 31.5 Å². The van der Waals surface area contributed by atoms with Gasteiger partial charge in [-0.2, -0.15) is 0 Å². The smallest absolute Gasteiger partial charge is 0.261 e. The first-order valence-electron chi connectivity index (χ1n) is 10.2. The van der Waals surface area contributed by atoms with Crippen LogP contribution >= 0.6 is 15.9 Å². The molecule has 2 heterocycles. The van der Waals surface area contributed by atoms with Gasteiger partial charge in [-0.15, -0.1) is 0 Å². The molecular weight excluding hydrogens is 478 g/mol. The molecule has 2 aromatic carbocycles. The number of anilines is 4. The second-order valence-electron chi connectivity index (χ2n) is 7.47. The van der Waals surface area contributed by atoms with Gasteiger partial charge in [-0.1, -0.05) is 22.0 Å². The van der Waals surface area contributed by atoms with Gasteiger partial charge in [0.1, 0.15) is 17.5 Å². The van der Waals surface area contributed by atoms with Gasteiger partial charge in [0.15, 0.2) is 0 Å². The van der Waals surface area contributed by atoms with Crippen LogP contribution in [0.2, 0.25) is 0 Å². The van der Waals surface area contributed by atoms with Gasteiger partial charge in [-0.25, -0.2) is 18.4 Å². The molecule has 9 heteroatoms. The summed E-state index contributed by atoms with van der Waals surface area (Å²) in [6.45, 7) is 3.92. The highest BCUT2D eigenvalue weighted by Gasteiger charge is 2.15. The Labute approximate surface area is 191 Å². The topological polar surface area (TPSA) is 87.2 Å². The van der Waals surface area contributed by atoms with Gasteiger partial charge in [0, 0.05) is 35.0 Å². The van der Waals surface area contributed by atoms with Gasteiger partial charge in [0.05, 0.1) is 4.90 Å². The fourth-order valence-corrected chi connectivity index (χ4v) is 5.17. The lowest BCUT2D eigenvalue weighted by molar-refractivity contribution is 0.572. The van der Waals surface area contributed by atoms with E-state index in [0.717, 1.165) is 30.4 Å². The van der Waals surface area contributed by atoms with Gasteiger partial charge in [-0.05, 0) is 68.7 Å². The second-order valence-corrected chi connectivity index (χ2v) is 10.1. The highest BCUT2D eigenvalue weighted by Crippen LogP contribution is 2.24. The lowest BCUT2D eigenvalue weighted by Gasteiger charge is -2.28. The Bertz CT molecular complexity index is 1160. The molecule has 1 aliphatic heterocycles. The Kier molecular flexibility index (Phi) is 6.43. The average molecular weight is 502 g/mol. The van der Waals surface area contributed by atoms with Crippen molar-refractivity contribution < 1.29 is 8.42 Å². The summed E-state index contributed by atoms with van der Waals surface area (Å²) in [5.74, 6) is 2.37. The molecule has 0 saturated carbocycles. The maximum atomic E-state index is 12.6. The van der Waals surface area contributed by atoms with E-state index in [-0.39, 0.29) is 4.90 Å². The van der Waals surface area contributed by atoms with Crippen LogP contribution in [0.25, 0.3) is 0 Å². The summed E-state index contributed by atoms with van der Waals surface area (Å²) in [6, 6.07) is 15.6. The zero-order valence-electron chi connectivity index (χ0n) is 17.2. The number of benzene rings is 2. The molecule has 0 spiro atoms. The molecule has 2 N–H and O–H groups in total. The van der Waals surface area contributed by atoms with Gasteiger partial charge >= 0.3 is 0 Å². The number of hydrogen-bond acceptors (Lipinski definition) is 6. The number of aryl methyl sites for hydroxylation is 1. The second kappa shape index (κ2) is 9.23. The summed E-state index contributed by atoms with van der Waals surface area (Å²) < 4.78 is 28.5. The number of aromatic nitrogens is 2. The molecule has 0 bridgehead atoms. The van der Waals surface area contributed by atoms with Crippen LogP contribution in [0, 0.1) is 6.92 Å². The molecule has 1 saturated heterocycles. The van der Waals surface area contributed by atoms with Crippen molar-refractivity contribution in [3.63, 3.8) is 0 Å². The Morgan fingerprint density at radius 1 is 0.935 bits per heavy atom. The predicted molar refractivity (Wildman–Crippen MR) is 128 cm³/mol. The number of hydrogen-bond donors (Lipinski definition) is 2. The molecule has 4 rings (SSSR count). The largest absolute Gasteiger partial charge is 0.356 e. The Balaban J connectivity index is 1.47. The molecule has 0 atom stereocenters. The van der Waals surface area contributed by atoms with Gasteiger partial charge < -0.3 is 10.2 Å². The standard InChI is InChI=1S/C22H24BrN5O2S/c1-16-24-21(15-22(25-16)28-12-3-2-4-13-28)26-18-8-10-19(11-9-18)27-31(29,30)20-7-5-6-17(23)14-20/h5-11,14-15,27H,2-4,12-13H2,1H3,(H,24,25,26).